The molecule has 0 radical (unpaired) electrons. The molecule has 0 saturated heterocycles. The molecular formula is C30H37N3O5S. The predicted octanol–water partition coefficient (Wildman–Crippen LogP) is 7.19. The van der Waals surface area contributed by atoms with Gasteiger partial charge in [-0.3, -0.25) is 4.90 Å². The topological polar surface area (TPSA) is 89.1 Å². The summed E-state index contributed by atoms with van der Waals surface area (Å²) in [6, 6.07) is 18.2. The molecule has 0 spiro atoms. The van der Waals surface area contributed by atoms with Crippen LogP contribution in [-0.2, 0) is 4.74 Å². The third-order valence-electron chi connectivity index (χ3n) is 6.74. The smallest absolute Gasteiger partial charge is 0.414 e. The number of carbonyl (C=O) groups is 2. The summed E-state index contributed by atoms with van der Waals surface area (Å²) in [4.78, 5) is 29.2. The average Bonchev–Trinajstić information content (AvgIpc) is 3.66. The summed E-state index contributed by atoms with van der Waals surface area (Å²) in [5, 5.41) is 8.08. The number of carbonyl (C=O) groups excluding carboxylic acids is 2. The number of thiophene rings is 1. The van der Waals surface area contributed by atoms with E-state index in [2.05, 4.69) is 17.6 Å². The number of unbranched alkanes of at least 4 members (excludes halogenated alkanes) is 1. The lowest BCUT2D eigenvalue weighted by Gasteiger charge is -2.29. The van der Waals surface area contributed by atoms with Crippen LogP contribution in [-0.4, -0.2) is 31.6 Å². The number of benzene rings is 2. The second kappa shape index (κ2) is 13.9. The van der Waals surface area contributed by atoms with Gasteiger partial charge in [-0.25, -0.2) is 9.59 Å². The molecule has 3 amide bonds. The van der Waals surface area contributed by atoms with Gasteiger partial charge in [0.15, 0.2) is 11.5 Å². The van der Waals surface area contributed by atoms with Crippen LogP contribution in [0.4, 0.5) is 15.3 Å². The molecule has 208 valence electrons. The van der Waals surface area contributed by atoms with E-state index >= 15 is 0 Å². The first kappa shape index (κ1) is 28.3. The predicted molar refractivity (Wildman–Crippen MR) is 154 cm³/mol. The lowest BCUT2D eigenvalue weighted by molar-refractivity contribution is 0.136. The Morgan fingerprint density at radius 3 is 2.54 bits per heavy atom. The fourth-order valence-electron chi connectivity index (χ4n) is 4.56. The zero-order valence-corrected chi connectivity index (χ0v) is 23.5. The molecule has 8 nitrogen and oxygen atoms in total. The molecule has 0 fully saturated rings. The molecule has 0 saturated carbocycles. The Balaban J connectivity index is 1.40. The molecule has 1 aliphatic rings. The number of ether oxygens (including phenoxy) is 3. The number of rotatable bonds is 12. The zero-order valence-electron chi connectivity index (χ0n) is 22.7. The number of amides is 3. The minimum absolute atomic E-state index is 0.0769. The van der Waals surface area contributed by atoms with E-state index in [0.717, 1.165) is 29.0 Å². The van der Waals surface area contributed by atoms with Crippen molar-refractivity contribution < 1.29 is 23.8 Å². The van der Waals surface area contributed by atoms with Crippen LogP contribution in [0.3, 0.4) is 0 Å². The van der Waals surface area contributed by atoms with Crippen LogP contribution < -0.4 is 25.0 Å². The van der Waals surface area contributed by atoms with Crippen molar-refractivity contribution in [3.63, 3.8) is 0 Å². The number of hydrogen-bond donors (Lipinski definition) is 2. The lowest BCUT2D eigenvalue weighted by Crippen LogP contribution is -2.46. The van der Waals surface area contributed by atoms with E-state index in [1.807, 2.05) is 79.9 Å². The number of para-hydroxylation sites is 1. The van der Waals surface area contributed by atoms with Gasteiger partial charge in [-0.05, 0) is 61.0 Å². The highest BCUT2D eigenvalue weighted by atomic mass is 32.1. The highest BCUT2D eigenvalue weighted by Gasteiger charge is 2.27. The van der Waals surface area contributed by atoms with Gasteiger partial charge in [-0.2, -0.15) is 0 Å². The number of urea groups is 1. The monoisotopic (exact) mass is 551 g/mol. The van der Waals surface area contributed by atoms with Crippen LogP contribution in [0.1, 0.15) is 69.0 Å². The Kier molecular flexibility index (Phi) is 10.1. The molecule has 1 unspecified atom stereocenters. The summed E-state index contributed by atoms with van der Waals surface area (Å²) in [6.45, 7) is 6.37. The number of anilines is 1. The molecule has 3 aromatic rings. The van der Waals surface area contributed by atoms with Crippen molar-refractivity contribution >= 4 is 29.1 Å². The Morgan fingerprint density at radius 1 is 1.03 bits per heavy atom. The van der Waals surface area contributed by atoms with E-state index < -0.39 is 6.09 Å². The molecule has 9 heteroatoms. The Hall–Kier alpha value is -3.72. The van der Waals surface area contributed by atoms with E-state index in [9.17, 15) is 9.59 Å². The largest absolute Gasteiger partial charge is 0.454 e. The van der Waals surface area contributed by atoms with Gasteiger partial charge < -0.3 is 24.8 Å². The fraction of sp³-hybridized carbons (Fsp3) is 0.400. The van der Waals surface area contributed by atoms with E-state index in [4.69, 9.17) is 14.2 Å². The first-order valence-electron chi connectivity index (χ1n) is 13.5. The number of nitrogens with zero attached hydrogens (tertiary/aromatic N) is 1. The second-order valence-electron chi connectivity index (χ2n) is 9.50. The van der Waals surface area contributed by atoms with Crippen molar-refractivity contribution in [3.05, 3.63) is 76.5 Å². The summed E-state index contributed by atoms with van der Waals surface area (Å²) in [5.41, 5.74) is 1.70. The van der Waals surface area contributed by atoms with Crippen molar-refractivity contribution in [1.82, 2.24) is 10.6 Å². The Morgan fingerprint density at radius 2 is 1.82 bits per heavy atom. The summed E-state index contributed by atoms with van der Waals surface area (Å²) in [6.07, 6.45) is 2.82. The third-order valence-corrected chi connectivity index (χ3v) is 7.78. The molecule has 1 aliphatic heterocycles. The molecule has 4 rings (SSSR count). The van der Waals surface area contributed by atoms with Crippen LogP contribution >= 0.6 is 11.3 Å². The van der Waals surface area contributed by atoms with Crippen LogP contribution in [0.5, 0.6) is 11.5 Å². The van der Waals surface area contributed by atoms with Crippen molar-refractivity contribution in [3.8, 4) is 11.5 Å². The van der Waals surface area contributed by atoms with E-state index in [1.165, 1.54) is 0 Å². The SMILES string of the molecule is CCCC[C@@H](COC(=O)N(c1ccccc1)C(C)c1cccs1)NC(=O)N[C@@H](CC)c1ccc2c(c1)OCO2. The molecule has 0 aliphatic carbocycles. The third kappa shape index (κ3) is 7.44. The Bertz CT molecular complexity index is 1200. The van der Waals surface area contributed by atoms with Crippen molar-refractivity contribution in [2.45, 2.75) is 64.6 Å². The number of nitrogens with one attached hydrogen (secondary N) is 2. The maximum atomic E-state index is 13.4. The van der Waals surface area contributed by atoms with Crippen LogP contribution in [0, 0.1) is 0 Å². The minimum Gasteiger partial charge on any atom is -0.454 e. The fourth-order valence-corrected chi connectivity index (χ4v) is 5.33. The molecule has 39 heavy (non-hydrogen) atoms. The first-order valence-corrected chi connectivity index (χ1v) is 14.4. The summed E-state index contributed by atoms with van der Waals surface area (Å²) in [5.74, 6) is 1.39. The number of hydrogen-bond acceptors (Lipinski definition) is 6. The molecule has 0 bridgehead atoms. The maximum absolute atomic E-state index is 13.4. The first-order chi connectivity index (χ1) is 19.0. The van der Waals surface area contributed by atoms with Gasteiger partial charge in [0.05, 0.1) is 18.1 Å². The summed E-state index contributed by atoms with van der Waals surface area (Å²) < 4.78 is 16.7. The summed E-state index contributed by atoms with van der Waals surface area (Å²) >= 11 is 1.60. The standard InChI is InChI=1S/C30H37N3O5S/c1-4-6-11-23(31-29(34)32-25(5-2)22-15-16-26-27(18-22)38-20-37-26)19-36-30(35)33(24-12-8-7-9-13-24)21(3)28-14-10-17-39-28/h7-10,12-18,21,23,25H,4-6,11,19-20H2,1-3H3,(H2,31,32,34)/t21?,23-,25-/m0/s1. The van der Waals surface area contributed by atoms with Gasteiger partial charge in [-0.1, -0.05) is 57.0 Å². The van der Waals surface area contributed by atoms with Crippen molar-refractivity contribution in [2.24, 2.45) is 0 Å². The quantitative estimate of drug-likeness (QED) is 0.249. The van der Waals surface area contributed by atoms with Crippen LogP contribution in [0.25, 0.3) is 0 Å². The minimum atomic E-state index is -0.447. The lowest BCUT2D eigenvalue weighted by atomic mass is 10.0. The van der Waals surface area contributed by atoms with Crippen molar-refractivity contribution in [1.29, 1.82) is 0 Å². The second-order valence-corrected chi connectivity index (χ2v) is 10.5. The van der Waals surface area contributed by atoms with Gasteiger partial charge in [0.1, 0.15) is 6.61 Å². The van der Waals surface area contributed by atoms with Crippen LogP contribution in [0.15, 0.2) is 66.0 Å². The maximum Gasteiger partial charge on any atom is 0.414 e. The Labute approximate surface area is 234 Å². The normalized spacial score (nSPS) is 14.2. The molecule has 2 aromatic carbocycles. The van der Waals surface area contributed by atoms with Gasteiger partial charge in [0, 0.05) is 10.6 Å². The van der Waals surface area contributed by atoms with E-state index in [0.29, 0.717) is 24.3 Å². The highest BCUT2D eigenvalue weighted by Crippen LogP contribution is 2.35. The van der Waals surface area contributed by atoms with Gasteiger partial charge >= 0.3 is 12.1 Å². The van der Waals surface area contributed by atoms with E-state index in [1.54, 1.807) is 16.2 Å². The molecule has 2 N–H and O–H groups in total. The van der Waals surface area contributed by atoms with Crippen molar-refractivity contribution in [2.75, 3.05) is 18.3 Å². The molecule has 3 atom stereocenters. The molecular weight excluding hydrogens is 514 g/mol. The van der Waals surface area contributed by atoms with Gasteiger partial charge in [0.2, 0.25) is 6.79 Å². The molecule has 1 aromatic heterocycles. The number of fused-ring (bicyclic) bond motifs is 1. The molecule has 2 heterocycles. The van der Waals surface area contributed by atoms with Gasteiger partial charge in [0.25, 0.3) is 0 Å². The average molecular weight is 552 g/mol. The van der Waals surface area contributed by atoms with Crippen LogP contribution in [0.2, 0.25) is 0 Å². The summed E-state index contributed by atoms with van der Waals surface area (Å²) in [7, 11) is 0. The zero-order chi connectivity index (χ0) is 27.6. The highest BCUT2D eigenvalue weighted by molar-refractivity contribution is 7.10. The van der Waals surface area contributed by atoms with Gasteiger partial charge in [-0.15, -0.1) is 11.3 Å². The van der Waals surface area contributed by atoms with E-state index in [-0.39, 0.29) is 37.6 Å².